The van der Waals surface area contributed by atoms with Gasteiger partial charge in [0.2, 0.25) is 0 Å². The standard InChI is InChI=1S/C34H40O4/c1-7-13-21-19-28-29(25-18-12-11-17-23(21)25)22(14-8-2)20-27-24(15-9-3)31(33(35)37-5)32(34(36)38-6)26(16-10-4)30(27)28/h11-12,17-20H,7-10,13-16H2,1-6H3. The first-order valence-electron chi connectivity index (χ1n) is 14.1. The molecule has 0 aliphatic rings. The van der Waals surface area contributed by atoms with Gasteiger partial charge in [0.15, 0.2) is 0 Å². The number of aryl methyl sites for hydroxylation is 4. The van der Waals surface area contributed by atoms with Crippen molar-refractivity contribution in [3.05, 3.63) is 69.8 Å². The minimum Gasteiger partial charge on any atom is -0.465 e. The summed E-state index contributed by atoms with van der Waals surface area (Å²) in [4.78, 5) is 26.7. The molecule has 38 heavy (non-hydrogen) atoms. The molecule has 0 atom stereocenters. The molecule has 4 heteroatoms. The Hall–Kier alpha value is -3.40. The molecule has 0 N–H and O–H groups in total. The summed E-state index contributed by atoms with van der Waals surface area (Å²) in [6.45, 7) is 8.63. The predicted octanol–water partition coefficient (Wildman–Crippen LogP) is 8.53. The molecule has 0 spiro atoms. The minimum atomic E-state index is -0.478. The Morgan fingerprint density at radius 2 is 1.08 bits per heavy atom. The summed E-state index contributed by atoms with van der Waals surface area (Å²) in [5.41, 5.74) is 5.12. The first kappa shape index (κ1) is 27.6. The highest BCUT2D eigenvalue weighted by molar-refractivity contribution is 6.23. The zero-order chi connectivity index (χ0) is 27.4. The van der Waals surface area contributed by atoms with Gasteiger partial charge in [-0.1, -0.05) is 83.7 Å². The van der Waals surface area contributed by atoms with Crippen molar-refractivity contribution in [2.45, 2.75) is 79.1 Å². The molecule has 0 amide bonds. The normalized spacial score (nSPS) is 11.4. The molecule has 0 saturated heterocycles. The summed E-state index contributed by atoms with van der Waals surface area (Å²) in [6, 6.07) is 13.4. The first-order valence-corrected chi connectivity index (χ1v) is 14.1. The second kappa shape index (κ2) is 12.0. The zero-order valence-electron chi connectivity index (χ0n) is 23.8. The highest BCUT2D eigenvalue weighted by atomic mass is 16.5. The SMILES string of the molecule is CCCc1cc2c3c(CCC)c(C(=O)OC)c(C(=O)OC)c(CCC)c3cc(CCC)c2c2ccccc12. The third-order valence-corrected chi connectivity index (χ3v) is 7.61. The number of rotatable bonds is 10. The first-order chi connectivity index (χ1) is 18.5. The average Bonchev–Trinajstić information content (AvgIpc) is 2.93. The molecule has 0 bridgehead atoms. The lowest BCUT2D eigenvalue weighted by molar-refractivity contribution is 0.0553. The Morgan fingerprint density at radius 1 is 0.579 bits per heavy atom. The van der Waals surface area contributed by atoms with Crippen LogP contribution in [-0.4, -0.2) is 26.2 Å². The summed E-state index contributed by atoms with van der Waals surface area (Å²) in [5.74, 6) is -0.955. The van der Waals surface area contributed by atoms with Gasteiger partial charge in [-0.3, -0.25) is 0 Å². The van der Waals surface area contributed by atoms with Crippen LogP contribution >= 0.6 is 0 Å². The van der Waals surface area contributed by atoms with Crippen LogP contribution in [0.2, 0.25) is 0 Å². The molecule has 0 saturated carbocycles. The van der Waals surface area contributed by atoms with E-state index in [0.717, 1.165) is 60.4 Å². The number of benzene rings is 4. The van der Waals surface area contributed by atoms with Crippen LogP contribution in [0.1, 0.15) is 96.3 Å². The number of hydrogen-bond donors (Lipinski definition) is 0. The van der Waals surface area contributed by atoms with Crippen molar-refractivity contribution >= 4 is 44.3 Å². The molecular formula is C34H40O4. The number of carbonyl (C=O) groups excluding carboxylic acids is 2. The van der Waals surface area contributed by atoms with E-state index in [1.165, 1.54) is 46.9 Å². The summed E-state index contributed by atoms with van der Waals surface area (Å²) in [6.07, 6.45) is 6.98. The van der Waals surface area contributed by atoms with Crippen molar-refractivity contribution < 1.29 is 19.1 Å². The number of methoxy groups -OCH3 is 2. The zero-order valence-corrected chi connectivity index (χ0v) is 23.8. The van der Waals surface area contributed by atoms with E-state index in [9.17, 15) is 9.59 Å². The molecule has 200 valence electrons. The van der Waals surface area contributed by atoms with Crippen LogP contribution in [0.3, 0.4) is 0 Å². The molecule has 0 aliphatic carbocycles. The fourth-order valence-electron chi connectivity index (χ4n) is 6.19. The Bertz CT molecular complexity index is 1510. The monoisotopic (exact) mass is 512 g/mol. The van der Waals surface area contributed by atoms with Gasteiger partial charge in [-0.05, 0) is 86.3 Å². The van der Waals surface area contributed by atoms with Crippen molar-refractivity contribution in [1.82, 2.24) is 0 Å². The van der Waals surface area contributed by atoms with Gasteiger partial charge in [0.05, 0.1) is 25.3 Å². The molecule has 0 fully saturated rings. The van der Waals surface area contributed by atoms with Gasteiger partial charge in [-0.25, -0.2) is 9.59 Å². The van der Waals surface area contributed by atoms with Gasteiger partial charge >= 0.3 is 11.9 Å². The predicted molar refractivity (Wildman–Crippen MR) is 158 cm³/mol. The molecule has 0 aliphatic heterocycles. The lowest BCUT2D eigenvalue weighted by Crippen LogP contribution is -2.19. The fourth-order valence-corrected chi connectivity index (χ4v) is 6.19. The molecular weight excluding hydrogens is 472 g/mol. The molecule has 4 aromatic rings. The van der Waals surface area contributed by atoms with Crippen LogP contribution in [0.25, 0.3) is 32.3 Å². The summed E-state index contributed by atoms with van der Waals surface area (Å²) in [7, 11) is 2.77. The van der Waals surface area contributed by atoms with E-state index in [2.05, 4.69) is 64.1 Å². The van der Waals surface area contributed by atoms with E-state index in [4.69, 9.17) is 9.47 Å². The molecule has 0 unspecified atom stereocenters. The maximum Gasteiger partial charge on any atom is 0.339 e. The van der Waals surface area contributed by atoms with E-state index >= 15 is 0 Å². The highest BCUT2D eigenvalue weighted by Gasteiger charge is 2.30. The van der Waals surface area contributed by atoms with Gasteiger partial charge in [0, 0.05) is 0 Å². The summed E-state index contributed by atoms with van der Waals surface area (Å²) >= 11 is 0. The van der Waals surface area contributed by atoms with Gasteiger partial charge in [0.25, 0.3) is 0 Å². The lowest BCUT2D eigenvalue weighted by atomic mass is 9.80. The van der Waals surface area contributed by atoms with E-state index in [1.54, 1.807) is 0 Å². The van der Waals surface area contributed by atoms with Crippen molar-refractivity contribution in [1.29, 1.82) is 0 Å². The van der Waals surface area contributed by atoms with E-state index < -0.39 is 11.9 Å². The number of carbonyl (C=O) groups is 2. The molecule has 4 nitrogen and oxygen atoms in total. The second-order valence-corrected chi connectivity index (χ2v) is 10.2. The maximum absolute atomic E-state index is 13.4. The third kappa shape index (κ3) is 4.66. The van der Waals surface area contributed by atoms with Crippen LogP contribution in [-0.2, 0) is 35.2 Å². The molecule has 0 heterocycles. The fraction of sp³-hybridized carbons (Fsp3) is 0.412. The van der Waals surface area contributed by atoms with Crippen LogP contribution < -0.4 is 0 Å². The van der Waals surface area contributed by atoms with Gasteiger partial charge in [-0.15, -0.1) is 0 Å². The number of fused-ring (bicyclic) bond motifs is 5. The van der Waals surface area contributed by atoms with Crippen LogP contribution in [0.15, 0.2) is 36.4 Å². The van der Waals surface area contributed by atoms with Crippen LogP contribution in [0.5, 0.6) is 0 Å². The summed E-state index contributed by atoms with van der Waals surface area (Å²) in [5, 5.41) is 7.14. The van der Waals surface area contributed by atoms with Crippen molar-refractivity contribution in [3.63, 3.8) is 0 Å². The largest absolute Gasteiger partial charge is 0.465 e. The summed E-state index contributed by atoms with van der Waals surface area (Å²) < 4.78 is 10.6. The Morgan fingerprint density at radius 3 is 1.66 bits per heavy atom. The van der Waals surface area contributed by atoms with Crippen LogP contribution in [0, 0.1) is 0 Å². The van der Waals surface area contributed by atoms with Crippen molar-refractivity contribution in [2.24, 2.45) is 0 Å². The highest BCUT2D eigenvalue weighted by Crippen LogP contribution is 2.43. The third-order valence-electron chi connectivity index (χ3n) is 7.61. The van der Waals surface area contributed by atoms with Gasteiger partial charge < -0.3 is 9.47 Å². The lowest BCUT2D eigenvalue weighted by Gasteiger charge is -2.24. The Kier molecular flexibility index (Phi) is 8.71. The van der Waals surface area contributed by atoms with Gasteiger partial charge in [0.1, 0.15) is 0 Å². The van der Waals surface area contributed by atoms with Crippen molar-refractivity contribution in [2.75, 3.05) is 14.2 Å². The number of hydrogen-bond acceptors (Lipinski definition) is 4. The average molecular weight is 513 g/mol. The van der Waals surface area contributed by atoms with E-state index in [0.29, 0.717) is 24.0 Å². The molecule has 0 aromatic heterocycles. The Labute approximate surface area is 226 Å². The van der Waals surface area contributed by atoms with Crippen LogP contribution in [0.4, 0.5) is 0 Å². The number of esters is 2. The van der Waals surface area contributed by atoms with Gasteiger partial charge in [-0.2, -0.15) is 0 Å². The molecule has 4 aromatic carbocycles. The maximum atomic E-state index is 13.4. The minimum absolute atomic E-state index is 0.367. The second-order valence-electron chi connectivity index (χ2n) is 10.2. The Balaban J connectivity index is 2.40. The molecule has 0 radical (unpaired) electrons. The molecule has 4 rings (SSSR count). The quantitative estimate of drug-likeness (QED) is 0.158. The van der Waals surface area contributed by atoms with Crippen molar-refractivity contribution in [3.8, 4) is 0 Å². The smallest absolute Gasteiger partial charge is 0.339 e. The topological polar surface area (TPSA) is 52.6 Å². The van der Waals surface area contributed by atoms with E-state index in [-0.39, 0.29) is 0 Å². The number of ether oxygens (including phenoxy) is 2. The van der Waals surface area contributed by atoms with E-state index in [1.807, 2.05) is 0 Å².